The molecule has 0 aliphatic carbocycles. The second-order valence-electron chi connectivity index (χ2n) is 15.2. The minimum atomic E-state index is 0.168. The fourth-order valence-electron chi connectivity index (χ4n) is 5.23. The highest BCUT2D eigenvalue weighted by molar-refractivity contribution is 5.83. The van der Waals surface area contributed by atoms with E-state index in [9.17, 15) is 4.79 Å². The van der Waals surface area contributed by atoms with Crippen LogP contribution in [0.2, 0.25) is 0 Å². The highest BCUT2D eigenvalue weighted by atomic mass is 16.1. The minimum absolute atomic E-state index is 0.168. The summed E-state index contributed by atoms with van der Waals surface area (Å²) in [5, 5.41) is 0. The number of hydrogen-bond donors (Lipinski definition) is 0. The number of rotatable bonds is 18. The molecule has 1 aromatic carbocycles. The van der Waals surface area contributed by atoms with Gasteiger partial charge in [-0.2, -0.15) is 0 Å². The number of ketones is 1. The van der Waals surface area contributed by atoms with Gasteiger partial charge in [0.25, 0.3) is 0 Å². The molecule has 0 heterocycles. The summed E-state index contributed by atoms with van der Waals surface area (Å²) in [5.41, 5.74) is 10.9. The molecule has 0 radical (unpaired) electrons. The van der Waals surface area contributed by atoms with E-state index in [0.717, 1.165) is 25.7 Å². The van der Waals surface area contributed by atoms with Gasteiger partial charge in [-0.1, -0.05) is 269 Å². The lowest BCUT2D eigenvalue weighted by molar-refractivity contribution is -0.121. The van der Waals surface area contributed by atoms with E-state index in [1.807, 2.05) is 87.5 Å². The molecule has 0 bridgehead atoms. The Morgan fingerprint density at radius 2 is 1.13 bits per heavy atom. The summed E-state index contributed by atoms with van der Waals surface area (Å²) >= 11 is 0. The highest BCUT2D eigenvalue weighted by Gasteiger charge is 2.24. The molecule has 1 atom stereocenters. The molecule has 1 unspecified atom stereocenters. The van der Waals surface area contributed by atoms with Crippen LogP contribution in [-0.2, 0) is 4.79 Å². The van der Waals surface area contributed by atoms with Crippen molar-refractivity contribution in [1.29, 1.82) is 0 Å². The van der Waals surface area contributed by atoms with Crippen molar-refractivity contribution in [3.63, 3.8) is 0 Å². The number of hydrogen-bond acceptors (Lipinski definition) is 1. The summed E-state index contributed by atoms with van der Waals surface area (Å²) in [6.07, 6.45) is 24.7. The first-order chi connectivity index (χ1) is 29.0. The van der Waals surface area contributed by atoms with Crippen LogP contribution in [0.1, 0.15) is 241 Å². The van der Waals surface area contributed by atoms with Crippen LogP contribution < -0.4 is 0 Å². The summed E-state index contributed by atoms with van der Waals surface area (Å²) in [7, 11) is 0. The molecule has 0 aromatic heterocycles. The first-order valence-corrected chi connectivity index (χ1v) is 25.2. The van der Waals surface area contributed by atoms with Crippen molar-refractivity contribution in [3.05, 3.63) is 118 Å². The Bertz CT molecular complexity index is 1180. The monoisotopic (exact) mass is 851 g/mol. The zero-order valence-electron chi connectivity index (χ0n) is 46.6. The van der Waals surface area contributed by atoms with Gasteiger partial charge in [0.15, 0.2) is 0 Å². The van der Waals surface area contributed by atoms with Crippen molar-refractivity contribution < 1.29 is 4.79 Å². The molecule has 360 valence electrons. The number of allylic oxidation sites excluding steroid dienone is 12. The topological polar surface area (TPSA) is 17.1 Å². The smallest absolute Gasteiger partial charge is 0.139 e. The molecular formula is C60H114O. The van der Waals surface area contributed by atoms with Crippen LogP contribution in [0.25, 0.3) is 0 Å². The van der Waals surface area contributed by atoms with Crippen LogP contribution >= 0.6 is 0 Å². The summed E-state index contributed by atoms with van der Waals surface area (Å²) in [5.74, 6) is 1.71. The third-order valence-corrected chi connectivity index (χ3v) is 8.54. The Kier molecular flexibility index (Phi) is 75.9. The van der Waals surface area contributed by atoms with Gasteiger partial charge in [0, 0.05) is 12.3 Å². The molecular weight excluding hydrogens is 737 g/mol. The Morgan fingerprint density at radius 1 is 0.672 bits per heavy atom. The molecule has 0 N–H and O–H groups in total. The lowest BCUT2D eigenvalue weighted by Crippen LogP contribution is -2.20. The number of Topliss-reactive ketones (excluding diaryl/α,β-unsaturated/α-hetero) is 1. The second-order valence-corrected chi connectivity index (χ2v) is 15.2. The van der Waals surface area contributed by atoms with Crippen LogP contribution in [0.5, 0.6) is 0 Å². The number of benzene rings is 1. The standard InChI is InChI=1S/C17H32O.C14H22.C10H18.C8H10.C3H8.4C2H6/c1-7-11-12-14(8-2)17(13(5)6)15(9-3)16(18)10-4;1-5-7-9-11-14(4)12-13(3)10-8-6-2;1-8(2)6-7-10(5)9(3)4;1-7-3-5-8(2)6-4-7;1-3-2;4*1-2/h13,15H,7-12H2,1-6H3;5,7,9-11H,4,6,8,12H2,1-3H3;6,9H,5,7H2,1-4H3;3-6H,1-2H3;3H2,1-2H3;4*1-2H3/b17-14-;7-5-,11-9-,13-10+;;;;;;;. The van der Waals surface area contributed by atoms with Gasteiger partial charge in [-0.25, -0.2) is 0 Å². The van der Waals surface area contributed by atoms with Crippen LogP contribution in [0.15, 0.2) is 107 Å². The van der Waals surface area contributed by atoms with Gasteiger partial charge < -0.3 is 0 Å². The second kappa shape index (κ2) is 61.4. The number of unbranched alkanes of at least 4 members (excludes halogenated alkanes) is 2. The van der Waals surface area contributed by atoms with E-state index < -0.39 is 0 Å². The van der Waals surface area contributed by atoms with Gasteiger partial charge in [0.2, 0.25) is 0 Å². The number of carbonyl (C=O) groups is 1. The fourth-order valence-corrected chi connectivity index (χ4v) is 5.23. The summed E-state index contributed by atoms with van der Waals surface area (Å²) in [4.78, 5) is 12.1. The maximum Gasteiger partial charge on any atom is 0.139 e. The number of aryl methyl sites for hydroxylation is 2. The predicted octanol–water partition coefficient (Wildman–Crippen LogP) is 21.7. The molecule has 1 nitrogen and oxygen atoms in total. The molecule has 0 spiro atoms. The first-order valence-electron chi connectivity index (χ1n) is 25.2. The average molecular weight is 852 g/mol. The Labute approximate surface area is 389 Å². The molecule has 0 fully saturated rings. The SMILES string of the molecule is C=C(/C=C\C=C/C)C/C(C)=C/CCC.C=C(CC=C(C)C)C(C)C.CC.CC.CC.CC.CCC.CCCC/C(CC)=C(/C(C)C)C(CC)C(=O)CC.Cc1ccc(C)cc1. The Morgan fingerprint density at radius 3 is 1.44 bits per heavy atom. The Balaban J connectivity index is -0.0000000973. The molecule has 0 saturated heterocycles. The summed E-state index contributed by atoms with van der Waals surface area (Å²) in [6, 6.07) is 8.48. The van der Waals surface area contributed by atoms with Crippen LogP contribution in [0, 0.1) is 31.6 Å². The van der Waals surface area contributed by atoms with Crippen molar-refractivity contribution in [3.8, 4) is 0 Å². The van der Waals surface area contributed by atoms with E-state index in [4.69, 9.17) is 0 Å². The van der Waals surface area contributed by atoms with Gasteiger partial charge in [-0.05, 0) is 98.3 Å². The van der Waals surface area contributed by atoms with Gasteiger partial charge in [0.05, 0.1) is 0 Å². The highest BCUT2D eigenvalue weighted by Crippen LogP contribution is 2.31. The lowest BCUT2D eigenvalue weighted by Gasteiger charge is -2.25. The van der Waals surface area contributed by atoms with Crippen LogP contribution in [0.4, 0.5) is 0 Å². The lowest BCUT2D eigenvalue weighted by atomic mass is 9.79. The molecule has 1 aromatic rings. The predicted molar refractivity (Wildman–Crippen MR) is 292 cm³/mol. The van der Waals surface area contributed by atoms with Gasteiger partial charge >= 0.3 is 0 Å². The van der Waals surface area contributed by atoms with Crippen LogP contribution in [0.3, 0.4) is 0 Å². The molecule has 1 heteroatoms. The van der Waals surface area contributed by atoms with E-state index in [1.165, 1.54) is 77.5 Å². The maximum atomic E-state index is 12.1. The third-order valence-electron chi connectivity index (χ3n) is 8.54. The number of carbonyl (C=O) groups excluding carboxylic acids is 1. The molecule has 1 rings (SSSR count). The largest absolute Gasteiger partial charge is 0.299 e. The van der Waals surface area contributed by atoms with Gasteiger partial charge in [0.1, 0.15) is 5.78 Å². The minimum Gasteiger partial charge on any atom is -0.299 e. The zero-order valence-corrected chi connectivity index (χ0v) is 46.6. The van der Waals surface area contributed by atoms with E-state index in [0.29, 0.717) is 24.0 Å². The molecule has 0 aliphatic rings. The summed E-state index contributed by atoms with van der Waals surface area (Å²) in [6.45, 7) is 60.5. The van der Waals surface area contributed by atoms with Crippen molar-refractivity contribution >= 4 is 5.78 Å². The molecule has 0 amide bonds. The van der Waals surface area contributed by atoms with E-state index in [1.54, 1.807) is 5.57 Å². The van der Waals surface area contributed by atoms with E-state index in [2.05, 4.69) is 160 Å². The molecule has 61 heavy (non-hydrogen) atoms. The van der Waals surface area contributed by atoms with Gasteiger partial charge in [-0.3, -0.25) is 4.79 Å². The normalized spacial score (nSPS) is 10.8. The maximum absolute atomic E-state index is 12.1. The van der Waals surface area contributed by atoms with Crippen molar-refractivity contribution in [2.75, 3.05) is 0 Å². The van der Waals surface area contributed by atoms with Crippen molar-refractivity contribution in [2.45, 2.75) is 244 Å². The quantitative estimate of drug-likeness (QED) is 0.106. The third kappa shape index (κ3) is 57.1. The average Bonchev–Trinajstić information content (AvgIpc) is 3.26. The summed E-state index contributed by atoms with van der Waals surface area (Å²) < 4.78 is 0. The first kappa shape index (κ1) is 75.4. The zero-order chi connectivity index (χ0) is 49.8. The van der Waals surface area contributed by atoms with E-state index >= 15 is 0 Å². The molecule has 0 aliphatic heterocycles. The van der Waals surface area contributed by atoms with Crippen molar-refractivity contribution in [1.82, 2.24) is 0 Å². The fraction of sp³-hybridized carbons (Fsp3) is 0.650. The molecule has 0 saturated carbocycles. The van der Waals surface area contributed by atoms with Crippen LogP contribution in [-0.4, -0.2) is 5.78 Å². The van der Waals surface area contributed by atoms with Crippen molar-refractivity contribution in [2.24, 2.45) is 17.8 Å². The van der Waals surface area contributed by atoms with Gasteiger partial charge in [-0.15, -0.1) is 0 Å². The van der Waals surface area contributed by atoms with E-state index in [-0.39, 0.29) is 5.92 Å². The Hall–Kier alpha value is -2.93.